The maximum atomic E-state index is 13.1. The second kappa shape index (κ2) is 9.67. The number of fused-ring (bicyclic) bond motifs is 1. The monoisotopic (exact) mass is 498 g/mol. The van der Waals surface area contributed by atoms with Crippen LogP contribution in [-0.4, -0.2) is 54.7 Å². The van der Waals surface area contributed by atoms with Crippen molar-refractivity contribution in [1.29, 1.82) is 0 Å². The van der Waals surface area contributed by atoms with Gasteiger partial charge in [0.2, 0.25) is 5.91 Å². The smallest absolute Gasteiger partial charge is 0.387 e. The van der Waals surface area contributed by atoms with Gasteiger partial charge in [0.1, 0.15) is 11.8 Å². The molecule has 188 valence electrons. The van der Waals surface area contributed by atoms with Crippen LogP contribution in [0.5, 0.6) is 17.2 Å². The van der Waals surface area contributed by atoms with Crippen LogP contribution in [0.4, 0.5) is 8.78 Å². The summed E-state index contributed by atoms with van der Waals surface area (Å²) < 4.78 is 41.6. The number of alkyl halides is 2. The van der Waals surface area contributed by atoms with Crippen molar-refractivity contribution in [2.45, 2.75) is 44.8 Å². The van der Waals surface area contributed by atoms with Gasteiger partial charge in [0, 0.05) is 31.2 Å². The van der Waals surface area contributed by atoms with Crippen molar-refractivity contribution in [1.82, 2.24) is 4.90 Å². The van der Waals surface area contributed by atoms with Crippen LogP contribution < -0.4 is 14.2 Å². The van der Waals surface area contributed by atoms with Crippen LogP contribution in [0.1, 0.15) is 53.6 Å². The van der Waals surface area contributed by atoms with Crippen LogP contribution in [0.2, 0.25) is 0 Å². The van der Waals surface area contributed by atoms with Crippen molar-refractivity contribution in [3.63, 3.8) is 0 Å². The van der Waals surface area contributed by atoms with E-state index in [0.717, 1.165) is 18.4 Å². The first-order chi connectivity index (χ1) is 17.3. The number of hydrogen-bond acceptors (Lipinski definition) is 6. The number of rotatable bonds is 8. The Kier molecular flexibility index (Phi) is 6.42. The fourth-order valence-corrected chi connectivity index (χ4v) is 4.50. The van der Waals surface area contributed by atoms with Crippen LogP contribution in [0.25, 0.3) is 0 Å². The first-order valence-electron chi connectivity index (χ1n) is 11.7. The molecule has 2 fully saturated rings. The van der Waals surface area contributed by atoms with Crippen LogP contribution in [0, 0.1) is 5.92 Å². The fourth-order valence-electron chi connectivity index (χ4n) is 4.50. The normalized spacial score (nSPS) is 20.6. The van der Waals surface area contributed by atoms with E-state index in [4.69, 9.17) is 9.47 Å². The Morgan fingerprint density at radius 2 is 1.94 bits per heavy atom. The van der Waals surface area contributed by atoms with Crippen LogP contribution in [0.15, 0.2) is 41.4 Å². The summed E-state index contributed by atoms with van der Waals surface area (Å²) in [5.74, 6) is -0.811. The van der Waals surface area contributed by atoms with E-state index >= 15 is 0 Å². The van der Waals surface area contributed by atoms with E-state index in [-0.39, 0.29) is 42.0 Å². The van der Waals surface area contributed by atoms with Crippen LogP contribution in [-0.2, 0) is 9.59 Å². The van der Waals surface area contributed by atoms with E-state index in [1.165, 1.54) is 30.2 Å². The lowest BCUT2D eigenvalue weighted by Gasteiger charge is -2.21. The molecule has 0 spiro atoms. The summed E-state index contributed by atoms with van der Waals surface area (Å²) in [5.41, 5.74) is 1.73. The maximum Gasteiger partial charge on any atom is 0.387 e. The summed E-state index contributed by atoms with van der Waals surface area (Å²) in [4.78, 5) is 42.4. The third kappa shape index (κ3) is 5.07. The summed E-state index contributed by atoms with van der Waals surface area (Å²) >= 11 is 0. The summed E-state index contributed by atoms with van der Waals surface area (Å²) in [6.07, 6.45) is 3.80. The maximum absolute atomic E-state index is 13.1. The molecule has 8 nitrogen and oxygen atoms in total. The van der Waals surface area contributed by atoms with Gasteiger partial charge in [0.05, 0.1) is 12.2 Å². The summed E-state index contributed by atoms with van der Waals surface area (Å²) in [6.45, 7) is -0.948. The molecular formula is C26H24F2N2O6. The Labute approximate surface area is 205 Å². The van der Waals surface area contributed by atoms with E-state index in [1.54, 1.807) is 24.3 Å². The lowest BCUT2D eigenvalue weighted by atomic mass is 9.96. The average Bonchev–Trinajstić information content (AvgIpc) is 3.44. The molecule has 1 saturated carbocycles. The first kappa shape index (κ1) is 23.9. The Hall–Kier alpha value is -3.82. The number of amides is 2. The molecule has 2 aromatic rings. The predicted octanol–water partition coefficient (Wildman–Crippen LogP) is 3.96. The number of carbonyl (C=O) groups is 3. The number of hydrogen-bond donors (Lipinski definition) is 0. The summed E-state index contributed by atoms with van der Waals surface area (Å²) in [5, 5.41) is 0. The highest BCUT2D eigenvalue weighted by Crippen LogP contribution is 2.39. The lowest BCUT2D eigenvalue weighted by Crippen LogP contribution is -2.41. The van der Waals surface area contributed by atoms with Gasteiger partial charge in [0.25, 0.3) is 5.91 Å². The molecule has 3 aliphatic rings. The minimum atomic E-state index is -2.99. The number of nitrogens with zero attached hydrogens (tertiary/aromatic N) is 2. The number of carbonyl (C=O) groups excluding carboxylic acids is 3. The van der Waals surface area contributed by atoms with Gasteiger partial charge in [0.15, 0.2) is 11.5 Å². The van der Waals surface area contributed by atoms with E-state index in [9.17, 15) is 23.2 Å². The lowest BCUT2D eigenvalue weighted by molar-refractivity contribution is -0.145. The van der Waals surface area contributed by atoms with Crippen molar-refractivity contribution in [3.8, 4) is 17.2 Å². The molecule has 0 radical (unpaired) electrons. The highest BCUT2D eigenvalue weighted by molar-refractivity contribution is 6.13. The predicted molar refractivity (Wildman–Crippen MR) is 124 cm³/mol. The van der Waals surface area contributed by atoms with Gasteiger partial charge in [-0.25, -0.2) is 9.79 Å². The Bertz CT molecular complexity index is 1240. The van der Waals surface area contributed by atoms with E-state index in [2.05, 4.69) is 9.73 Å². The molecule has 2 aliphatic heterocycles. The zero-order valence-corrected chi connectivity index (χ0v) is 19.5. The third-order valence-electron chi connectivity index (χ3n) is 6.60. The van der Waals surface area contributed by atoms with Gasteiger partial charge < -0.3 is 19.1 Å². The molecule has 5 rings (SSSR count). The first-order valence-corrected chi connectivity index (χ1v) is 11.7. The molecule has 0 bridgehead atoms. The summed E-state index contributed by atoms with van der Waals surface area (Å²) in [6, 6.07) is 8.53. The van der Waals surface area contributed by atoms with E-state index in [1.807, 2.05) is 0 Å². The molecule has 0 N–H and O–H groups in total. The molecule has 1 saturated heterocycles. The molecule has 10 heteroatoms. The number of benzene rings is 2. The van der Waals surface area contributed by atoms with Crippen LogP contribution in [0.3, 0.4) is 0 Å². The van der Waals surface area contributed by atoms with Crippen molar-refractivity contribution < 1.29 is 37.4 Å². The van der Waals surface area contributed by atoms with Crippen LogP contribution >= 0.6 is 0 Å². The zero-order valence-electron chi connectivity index (χ0n) is 19.5. The number of halogens is 2. The number of ether oxygens (including phenoxy) is 3. The minimum absolute atomic E-state index is 0.0538. The van der Waals surface area contributed by atoms with Crippen molar-refractivity contribution in [3.05, 3.63) is 53.1 Å². The van der Waals surface area contributed by atoms with Gasteiger partial charge in [-0.2, -0.15) is 8.78 Å². The topological polar surface area (TPSA) is 94.5 Å². The third-order valence-corrected chi connectivity index (χ3v) is 6.60. The minimum Gasteiger partial charge on any atom is -0.489 e. The average molecular weight is 498 g/mol. The molecule has 2 atom stereocenters. The van der Waals surface area contributed by atoms with Crippen molar-refractivity contribution in [2.75, 3.05) is 13.2 Å². The number of aliphatic imine (C=N–C) groups is 1. The van der Waals surface area contributed by atoms with Crippen molar-refractivity contribution >= 4 is 24.0 Å². The van der Waals surface area contributed by atoms with Gasteiger partial charge >= 0.3 is 12.6 Å². The van der Waals surface area contributed by atoms with Gasteiger partial charge in [-0.3, -0.25) is 9.59 Å². The van der Waals surface area contributed by atoms with Gasteiger partial charge in [-0.05, 0) is 61.1 Å². The second-order valence-corrected chi connectivity index (χ2v) is 9.19. The molecule has 2 amide bonds. The highest BCUT2D eigenvalue weighted by atomic mass is 19.3. The Morgan fingerprint density at radius 3 is 2.67 bits per heavy atom. The molecule has 0 aromatic heterocycles. The zero-order chi connectivity index (χ0) is 25.4. The standard InChI is InChI=1S/C26H24F2N2O6/c1-14(31)30-12-18(16-5-7-22(36-26(27)28)23(9-16)34-13-15-2-3-15)8-21(30)25(33)35-19-6-4-17-11-29-24(32)20(17)10-19/h4-7,9-11,15,18,21,26H,2-3,8,12-13H2,1H3. The highest BCUT2D eigenvalue weighted by Gasteiger charge is 2.40. The SMILES string of the molecule is CC(=O)N1CC(c2ccc(OC(F)F)c(OCC3CC3)c2)CC1C(=O)Oc1ccc2c(c1)C(=O)N=C2. The largest absolute Gasteiger partial charge is 0.489 e. The number of likely N-dealkylation sites (tertiary alicyclic amines) is 1. The van der Waals surface area contributed by atoms with Gasteiger partial charge in [-0.15, -0.1) is 0 Å². The van der Waals surface area contributed by atoms with Gasteiger partial charge in [-0.1, -0.05) is 6.07 Å². The Balaban J connectivity index is 1.33. The van der Waals surface area contributed by atoms with Crippen molar-refractivity contribution in [2.24, 2.45) is 10.9 Å². The molecule has 36 heavy (non-hydrogen) atoms. The fraction of sp³-hybridized carbons (Fsp3) is 0.385. The molecule has 2 heterocycles. The van der Waals surface area contributed by atoms with E-state index in [0.29, 0.717) is 23.7 Å². The second-order valence-electron chi connectivity index (χ2n) is 9.19. The molecular weight excluding hydrogens is 474 g/mol. The molecule has 2 aromatic carbocycles. The van der Waals surface area contributed by atoms with E-state index < -0.39 is 24.5 Å². The Morgan fingerprint density at radius 1 is 1.14 bits per heavy atom. The summed E-state index contributed by atoms with van der Waals surface area (Å²) in [7, 11) is 0. The molecule has 2 unspecified atom stereocenters. The quantitative estimate of drug-likeness (QED) is 0.404. The molecule has 1 aliphatic carbocycles. The number of esters is 1.